The Morgan fingerprint density at radius 3 is 2.70 bits per heavy atom. The lowest BCUT2D eigenvalue weighted by Gasteiger charge is -2.27. The zero-order valence-corrected chi connectivity index (χ0v) is 10.9. The van der Waals surface area contributed by atoms with Gasteiger partial charge in [-0.1, -0.05) is 6.08 Å². The number of fused-ring (bicyclic) bond motifs is 2. The number of aliphatic carboxylic acids is 1. The maximum absolute atomic E-state index is 13.7. The normalized spacial score (nSPS) is 28.1. The molecular weight excluding hydrogens is 273 g/mol. The number of rotatable bonds is 4. The minimum absolute atomic E-state index is 0.0828. The molecule has 1 saturated heterocycles. The van der Waals surface area contributed by atoms with Crippen LogP contribution in [0, 0.1) is 0 Å². The number of nitrogens with two attached hydrogens (primary N) is 1. The number of carbonyl (C=O) groups excluding carboxylic acids is 2. The van der Waals surface area contributed by atoms with Crippen LogP contribution in [0.5, 0.6) is 0 Å². The van der Waals surface area contributed by atoms with Gasteiger partial charge in [0, 0.05) is 6.92 Å². The molecule has 2 bridgehead atoms. The first-order chi connectivity index (χ1) is 9.15. The molecule has 0 aromatic rings. The summed E-state index contributed by atoms with van der Waals surface area (Å²) in [5.74, 6) is -5.61. The maximum atomic E-state index is 13.7. The lowest BCUT2D eigenvalue weighted by Crippen LogP contribution is -2.48. The molecule has 0 radical (unpaired) electrons. The number of halogens is 1. The van der Waals surface area contributed by atoms with Gasteiger partial charge in [0.05, 0.1) is 12.6 Å². The molecule has 20 heavy (non-hydrogen) atoms. The van der Waals surface area contributed by atoms with E-state index in [1.807, 2.05) is 0 Å². The molecule has 0 aliphatic carbocycles. The first kappa shape index (κ1) is 14.3. The number of hydrogen-bond donors (Lipinski definition) is 2. The second kappa shape index (κ2) is 4.44. The van der Waals surface area contributed by atoms with Crippen LogP contribution in [-0.4, -0.2) is 57.5 Å². The molecule has 2 aliphatic heterocycles. The zero-order valence-electron chi connectivity index (χ0n) is 10.9. The van der Waals surface area contributed by atoms with E-state index in [-0.39, 0.29) is 6.54 Å². The Balaban J connectivity index is 2.27. The summed E-state index contributed by atoms with van der Waals surface area (Å²) < 4.78 is 13.7. The molecular formula is C11H14FN3O5. The highest BCUT2D eigenvalue weighted by atomic mass is 19.2. The Morgan fingerprint density at radius 2 is 2.20 bits per heavy atom. The first-order valence-electron chi connectivity index (χ1n) is 5.84. The van der Waals surface area contributed by atoms with Crippen LogP contribution in [0.1, 0.15) is 13.8 Å². The lowest BCUT2D eigenvalue weighted by molar-refractivity contribution is -0.265. The van der Waals surface area contributed by atoms with Gasteiger partial charge in [-0.15, -0.1) is 0 Å². The molecule has 1 fully saturated rings. The van der Waals surface area contributed by atoms with E-state index in [2.05, 4.69) is 4.84 Å². The number of hydrogen-bond acceptors (Lipinski definition) is 4. The molecule has 2 aliphatic rings. The van der Waals surface area contributed by atoms with E-state index in [9.17, 15) is 18.8 Å². The molecule has 1 unspecified atom stereocenters. The summed E-state index contributed by atoms with van der Waals surface area (Å²) in [5.41, 5.74) is 5.76. The quantitative estimate of drug-likeness (QED) is 0.683. The van der Waals surface area contributed by atoms with Crippen molar-refractivity contribution in [2.75, 3.05) is 6.54 Å². The summed E-state index contributed by atoms with van der Waals surface area (Å²) in [5, 5.41) is 9.31. The summed E-state index contributed by atoms with van der Waals surface area (Å²) in [6.07, 6.45) is 1.54. The monoisotopic (exact) mass is 287 g/mol. The number of nitrogens with zero attached hydrogens (tertiary/aromatic N) is 2. The largest absolute Gasteiger partial charge is 0.477 e. The summed E-state index contributed by atoms with van der Waals surface area (Å²) in [6.45, 7) is 2.37. The average Bonchev–Trinajstić information content (AvgIpc) is 2.54. The molecule has 3 atom stereocenters. The van der Waals surface area contributed by atoms with Crippen molar-refractivity contribution in [1.29, 1.82) is 0 Å². The van der Waals surface area contributed by atoms with Gasteiger partial charge in [-0.2, -0.15) is 9.45 Å². The maximum Gasteiger partial charge on any atom is 0.371 e. The minimum atomic E-state index is -3.04. The topological polar surface area (TPSA) is 113 Å². The highest BCUT2D eigenvalue weighted by Crippen LogP contribution is 2.31. The van der Waals surface area contributed by atoms with Crippen LogP contribution >= 0.6 is 0 Å². The van der Waals surface area contributed by atoms with E-state index >= 15 is 0 Å². The van der Waals surface area contributed by atoms with Gasteiger partial charge in [-0.25, -0.2) is 14.4 Å². The van der Waals surface area contributed by atoms with Crippen molar-refractivity contribution in [3.05, 3.63) is 11.6 Å². The van der Waals surface area contributed by atoms with Gasteiger partial charge in [-0.05, 0) is 12.5 Å². The van der Waals surface area contributed by atoms with Crippen LogP contribution in [0.15, 0.2) is 11.6 Å². The highest BCUT2D eigenvalue weighted by Gasteiger charge is 2.50. The molecule has 3 N–H and O–H groups in total. The third-order valence-electron chi connectivity index (χ3n) is 3.24. The number of alkyl halides is 1. The van der Waals surface area contributed by atoms with Crippen molar-refractivity contribution < 1.29 is 28.7 Å². The van der Waals surface area contributed by atoms with Crippen LogP contribution in [0.2, 0.25) is 0 Å². The third kappa shape index (κ3) is 2.09. The van der Waals surface area contributed by atoms with Gasteiger partial charge in [0.2, 0.25) is 5.91 Å². The third-order valence-corrected chi connectivity index (χ3v) is 3.24. The number of amides is 3. The molecule has 110 valence electrons. The van der Waals surface area contributed by atoms with E-state index in [1.54, 1.807) is 6.92 Å². The zero-order chi connectivity index (χ0) is 15.2. The van der Waals surface area contributed by atoms with E-state index in [0.717, 1.165) is 4.90 Å². The molecule has 2 rings (SSSR count). The number of primary amides is 1. The second-order valence-corrected chi connectivity index (χ2v) is 4.86. The Kier molecular flexibility index (Phi) is 3.17. The summed E-state index contributed by atoms with van der Waals surface area (Å²) in [6, 6.07) is -2.38. The number of carbonyl (C=O) groups is 3. The predicted octanol–water partition coefficient (Wildman–Crippen LogP) is -0.392. The molecule has 0 saturated carbocycles. The Labute approximate surface area is 113 Å². The van der Waals surface area contributed by atoms with Crippen LogP contribution in [0.25, 0.3) is 0 Å². The van der Waals surface area contributed by atoms with Crippen LogP contribution in [-0.2, 0) is 14.4 Å². The number of carboxylic acids is 1. The number of carboxylic acid groups (broad SMARTS) is 1. The fourth-order valence-corrected chi connectivity index (χ4v) is 2.31. The predicted molar refractivity (Wildman–Crippen MR) is 62.7 cm³/mol. The van der Waals surface area contributed by atoms with Gasteiger partial charge in [0.25, 0.3) is 0 Å². The van der Waals surface area contributed by atoms with Gasteiger partial charge < -0.3 is 15.7 Å². The van der Waals surface area contributed by atoms with E-state index in [1.165, 1.54) is 6.08 Å². The molecule has 0 aromatic carbocycles. The van der Waals surface area contributed by atoms with Gasteiger partial charge in [-0.3, -0.25) is 4.79 Å². The van der Waals surface area contributed by atoms with Gasteiger partial charge in [0.15, 0.2) is 0 Å². The van der Waals surface area contributed by atoms with Crippen LogP contribution in [0.3, 0.4) is 0 Å². The molecule has 0 spiro atoms. The minimum Gasteiger partial charge on any atom is -0.477 e. The Hall–Kier alpha value is -2.16. The number of hydroxylamine groups is 2. The summed E-state index contributed by atoms with van der Waals surface area (Å²) >= 11 is 0. The molecule has 9 heteroatoms. The van der Waals surface area contributed by atoms with Crippen LogP contribution in [0.4, 0.5) is 9.18 Å². The van der Waals surface area contributed by atoms with Crippen molar-refractivity contribution in [3.63, 3.8) is 0 Å². The van der Waals surface area contributed by atoms with Crippen molar-refractivity contribution in [1.82, 2.24) is 9.96 Å². The van der Waals surface area contributed by atoms with Crippen LogP contribution < -0.4 is 5.73 Å². The van der Waals surface area contributed by atoms with Gasteiger partial charge in [0.1, 0.15) is 6.04 Å². The fourth-order valence-electron chi connectivity index (χ4n) is 2.31. The molecule has 3 amide bonds. The lowest BCUT2D eigenvalue weighted by atomic mass is 10.0. The molecule has 0 aromatic heterocycles. The summed E-state index contributed by atoms with van der Waals surface area (Å²) in [7, 11) is 0. The average molecular weight is 287 g/mol. The smallest absolute Gasteiger partial charge is 0.371 e. The van der Waals surface area contributed by atoms with E-state index in [4.69, 9.17) is 10.8 Å². The molecule has 2 heterocycles. The summed E-state index contributed by atoms with van der Waals surface area (Å²) in [4.78, 5) is 39.9. The number of urea groups is 1. The standard InChI is InChI=1S/C11H14FN3O5/c1-5-3-6-4-14(7(5)8(13)16)10(19)15(6)20-11(2,12)9(17)18/h3,6-7H,4H2,1-2H3,(H2,13,16)(H,17,18)/t6-,7+,11?/m1/s1. The van der Waals surface area contributed by atoms with Crippen molar-refractivity contribution in [3.8, 4) is 0 Å². The second-order valence-electron chi connectivity index (χ2n) is 4.86. The SMILES string of the molecule is CC1=C[C@@H]2CN(C(=O)N2OC(C)(F)C(=O)O)[C@@H]1C(N)=O. The van der Waals surface area contributed by atoms with Crippen molar-refractivity contribution in [2.24, 2.45) is 5.73 Å². The Morgan fingerprint density at radius 1 is 1.60 bits per heavy atom. The first-order valence-corrected chi connectivity index (χ1v) is 5.84. The van der Waals surface area contributed by atoms with E-state index in [0.29, 0.717) is 17.6 Å². The Bertz CT molecular complexity index is 518. The highest BCUT2D eigenvalue weighted by molar-refractivity contribution is 5.90. The van der Waals surface area contributed by atoms with Crippen molar-refractivity contribution in [2.45, 2.75) is 31.8 Å². The van der Waals surface area contributed by atoms with E-state index < -0.39 is 35.8 Å². The molecule has 8 nitrogen and oxygen atoms in total. The van der Waals surface area contributed by atoms with Crippen molar-refractivity contribution >= 4 is 17.9 Å². The van der Waals surface area contributed by atoms with Gasteiger partial charge >= 0.3 is 17.9 Å². The fraction of sp³-hybridized carbons (Fsp3) is 0.545.